The van der Waals surface area contributed by atoms with Crippen molar-refractivity contribution < 1.29 is 9.59 Å². The fourth-order valence-corrected chi connectivity index (χ4v) is 5.14. The van der Waals surface area contributed by atoms with Crippen LogP contribution in [0.5, 0.6) is 0 Å². The van der Waals surface area contributed by atoms with E-state index < -0.39 is 0 Å². The predicted octanol–water partition coefficient (Wildman–Crippen LogP) is 2.05. The molecule has 166 valence electrons. The van der Waals surface area contributed by atoms with E-state index in [0.717, 1.165) is 56.7 Å². The third-order valence-corrected chi connectivity index (χ3v) is 7.30. The van der Waals surface area contributed by atoms with E-state index in [9.17, 15) is 9.59 Å². The molecule has 3 heterocycles. The van der Waals surface area contributed by atoms with E-state index in [0.29, 0.717) is 12.5 Å². The summed E-state index contributed by atoms with van der Waals surface area (Å²) in [4.78, 5) is 31.8. The first-order chi connectivity index (χ1) is 13.8. The molecule has 0 spiro atoms. The standard InChI is InChI=1S/C23H42N4O2/c1-17(2)13-21-23(29)27(12-8-24-21)16-22(28)26-10-6-20(7-11-26)5-9-25-14-18(3)19(4)15-25/h17-21,24H,5-16H2,1-4H3. The SMILES string of the molecule is CC(C)CC1NCCN(CC(=O)N2CCC(CCN3CC(C)C(C)C3)CC2)C1=O. The second kappa shape index (κ2) is 10.3. The van der Waals surface area contributed by atoms with Gasteiger partial charge in [0.05, 0.1) is 12.6 Å². The Bertz CT molecular complexity index is 549. The molecule has 3 unspecified atom stereocenters. The monoisotopic (exact) mass is 406 g/mol. The van der Waals surface area contributed by atoms with Crippen molar-refractivity contribution in [3.8, 4) is 0 Å². The lowest BCUT2D eigenvalue weighted by molar-refractivity contribution is -0.144. The molecule has 3 saturated heterocycles. The highest BCUT2D eigenvalue weighted by atomic mass is 16.2. The molecule has 0 saturated carbocycles. The van der Waals surface area contributed by atoms with Crippen LogP contribution in [0.15, 0.2) is 0 Å². The number of piperazine rings is 1. The number of hydrogen-bond donors (Lipinski definition) is 1. The lowest BCUT2D eigenvalue weighted by atomic mass is 9.93. The Balaban J connectivity index is 1.38. The molecule has 0 bridgehead atoms. The van der Waals surface area contributed by atoms with Crippen LogP contribution >= 0.6 is 0 Å². The maximum Gasteiger partial charge on any atom is 0.242 e. The number of nitrogens with zero attached hydrogens (tertiary/aromatic N) is 3. The molecule has 0 aromatic rings. The summed E-state index contributed by atoms with van der Waals surface area (Å²) in [6.07, 6.45) is 4.31. The number of rotatable bonds is 7. The quantitative estimate of drug-likeness (QED) is 0.703. The Labute approximate surface area is 177 Å². The van der Waals surface area contributed by atoms with Gasteiger partial charge in [0.2, 0.25) is 11.8 Å². The molecule has 0 aromatic heterocycles. The second-order valence-electron chi connectivity index (χ2n) is 10.2. The second-order valence-corrected chi connectivity index (χ2v) is 10.2. The van der Waals surface area contributed by atoms with Crippen molar-refractivity contribution >= 4 is 11.8 Å². The van der Waals surface area contributed by atoms with Crippen molar-refractivity contribution in [3.05, 3.63) is 0 Å². The van der Waals surface area contributed by atoms with Crippen LogP contribution in [0.25, 0.3) is 0 Å². The van der Waals surface area contributed by atoms with E-state index in [4.69, 9.17) is 0 Å². The van der Waals surface area contributed by atoms with Crippen LogP contribution in [0, 0.1) is 23.7 Å². The average molecular weight is 407 g/mol. The molecule has 29 heavy (non-hydrogen) atoms. The Kier molecular flexibility index (Phi) is 7.97. The fourth-order valence-electron chi connectivity index (χ4n) is 5.14. The molecular weight excluding hydrogens is 364 g/mol. The summed E-state index contributed by atoms with van der Waals surface area (Å²) in [5.41, 5.74) is 0. The van der Waals surface area contributed by atoms with Gasteiger partial charge in [0, 0.05) is 39.3 Å². The van der Waals surface area contributed by atoms with Gasteiger partial charge >= 0.3 is 0 Å². The van der Waals surface area contributed by atoms with E-state index in [1.807, 2.05) is 4.90 Å². The topological polar surface area (TPSA) is 55.9 Å². The van der Waals surface area contributed by atoms with Crippen LogP contribution in [-0.4, -0.2) is 84.9 Å². The maximum atomic E-state index is 12.8. The van der Waals surface area contributed by atoms with E-state index in [-0.39, 0.29) is 24.4 Å². The Morgan fingerprint density at radius 3 is 2.38 bits per heavy atom. The molecule has 3 fully saturated rings. The summed E-state index contributed by atoms with van der Waals surface area (Å²) in [7, 11) is 0. The number of carbonyl (C=O) groups excluding carboxylic acids is 2. The molecular formula is C23H42N4O2. The molecule has 6 heteroatoms. The fraction of sp³-hybridized carbons (Fsp3) is 0.913. The van der Waals surface area contributed by atoms with Crippen molar-refractivity contribution in [2.24, 2.45) is 23.7 Å². The molecule has 3 atom stereocenters. The minimum absolute atomic E-state index is 0.0993. The van der Waals surface area contributed by atoms with Crippen LogP contribution in [0.4, 0.5) is 0 Å². The summed E-state index contributed by atoms with van der Waals surface area (Å²) < 4.78 is 0. The van der Waals surface area contributed by atoms with Crippen LogP contribution in [0.1, 0.15) is 53.4 Å². The first-order valence-electron chi connectivity index (χ1n) is 11.9. The molecule has 2 amide bonds. The summed E-state index contributed by atoms with van der Waals surface area (Å²) in [5.74, 6) is 3.08. The number of nitrogens with one attached hydrogen (secondary N) is 1. The largest absolute Gasteiger partial charge is 0.341 e. The lowest BCUT2D eigenvalue weighted by Crippen LogP contribution is -2.57. The van der Waals surface area contributed by atoms with Gasteiger partial charge in [0.25, 0.3) is 0 Å². The van der Waals surface area contributed by atoms with Gasteiger partial charge in [-0.05, 0) is 55.9 Å². The molecule has 3 aliphatic heterocycles. The van der Waals surface area contributed by atoms with Crippen molar-refractivity contribution in [2.75, 3.05) is 52.4 Å². The minimum atomic E-state index is -0.127. The number of likely N-dealkylation sites (tertiary alicyclic amines) is 2. The smallest absolute Gasteiger partial charge is 0.242 e. The summed E-state index contributed by atoms with van der Waals surface area (Å²) >= 11 is 0. The summed E-state index contributed by atoms with van der Waals surface area (Å²) in [5, 5.41) is 3.31. The number of carbonyl (C=O) groups is 2. The van der Waals surface area contributed by atoms with E-state index >= 15 is 0 Å². The van der Waals surface area contributed by atoms with Gasteiger partial charge in [-0.15, -0.1) is 0 Å². The zero-order valence-electron chi connectivity index (χ0n) is 19.0. The van der Waals surface area contributed by atoms with Crippen LogP contribution in [0.3, 0.4) is 0 Å². The van der Waals surface area contributed by atoms with E-state index in [1.54, 1.807) is 4.90 Å². The average Bonchev–Trinajstić information content (AvgIpc) is 3.01. The van der Waals surface area contributed by atoms with Crippen molar-refractivity contribution in [3.63, 3.8) is 0 Å². The molecule has 0 radical (unpaired) electrons. The molecule has 1 N–H and O–H groups in total. The summed E-state index contributed by atoms with van der Waals surface area (Å²) in [6.45, 7) is 16.1. The van der Waals surface area contributed by atoms with Crippen molar-refractivity contribution in [1.82, 2.24) is 20.0 Å². The van der Waals surface area contributed by atoms with Gasteiger partial charge < -0.3 is 20.0 Å². The zero-order chi connectivity index (χ0) is 21.0. The molecule has 3 rings (SSSR count). The van der Waals surface area contributed by atoms with Gasteiger partial charge in [0.15, 0.2) is 0 Å². The molecule has 3 aliphatic rings. The third-order valence-electron chi connectivity index (χ3n) is 7.30. The Morgan fingerprint density at radius 2 is 1.76 bits per heavy atom. The molecule has 6 nitrogen and oxygen atoms in total. The predicted molar refractivity (Wildman–Crippen MR) is 117 cm³/mol. The van der Waals surface area contributed by atoms with Gasteiger partial charge in [-0.1, -0.05) is 27.7 Å². The number of piperidine rings is 1. The lowest BCUT2D eigenvalue weighted by Gasteiger charge is -2.37. The van der Waals surface area contributed by atoms with Gasteiger partial charge in [0.1, 0.15) is 0 Å². The molecule has 0 aromatic carbocycles. The molecule has 0 aliphatic carbocycles. The van der Waals surface area contributed by atoms with Gasteiger partial charge in [-0.3, -0.25) is 9.59 Å². The highest BCUT2D eigenvalue weighted by Gasteiger charge is 2.32. The van der Waals surface area contributed by atoms with E-state index in [1.165, 1.54) is 26.1 Å². The minimum Gasteiger partial charge on any atom is -0.341 e. The van der Waals surface area contributed by atoms with E-state index in [2.05, 4.69) is 37.9 Å². The van der Waals surface area contributed by atoms with Gasteiger partial charge in [-0.2, -0.15) is 0 Å². The van der Waals surface area contributed by atoms with Crippen LogP contribution in [-0.2, 0) is 9.59 Å². The van der Waals surface area contributed by atoms with Crippen molar-refractivity contribution in [1.29, 1.82) is 0 Å². The first kappa shape index (κ1) is 22.5. The number of amides is 2. The van der Waals surface area contributed by atoms with Crippen molar-refractivity contribution in [2.45, 2.75) is 59.4 Å². The zero-order valence-corrected chi connectivity index (χ0v) is 19.0. The number of hydrogen-bond acceptors (Lipinski definition) is 4. The normalized spacial score (nSPS) is 29.8. The summed E-state index contributed by atoms with van der Waals surface area (Å²) in [6, 6.07) is -0.127. The third kappa shape index (κ3) is 6.17. The van der Waals surface area contributed by atoms with Crippen LogP contribution in [0.2, 0.25) is 0 Å². The maximum absolute atomic E-state index is 12.8. The highest BCUT2D eigenvalue weighted by molar-refractivity contribution is 5.88. The van der Waals surface area contributed by atoms with Crippen LogP contribution < -0.4 is 5.32 Å². The highest BCUT2D eigenvalue weighted by Crippen LogP contribution is 2.25. The van der Waals surface area contributed by atoms with Gasteiger partial charge in [-0.25, -0.2) is 0 Å². The first-order valence-corrected chi connectivity index (χ1v) is 11.9. The Hall–Kier alpha value is -1.14. The Morgan fingerprint density at radius 1 is 1.10 bits per heavy atom.